The van der Waals surface area contributed by atoms with Crippen molar-refractivity contribution in [2.75, 3.05) is 32.8 Å². The summed E-state index contributed by atoms with van der Waals surface area (Å²) >= 11 is 1.52. The molecule has 0 bridgehead atoms. The number of piperazine rings is 1. The molecule has 0 amide bonds. The maximum absolute atomic E-state index is 13.3. The van der Waals surface area contributed by atoms with Crippen LogP contribution in [0.4, 0.5) is 13.2 Å². The van der Waals surface area contributed by atoms with E-state index >= 15 is 0 Å². The molecule has 1 saturated heterocycles. The number of aliphatic hydroxyl groups is 1. The Morgan fingerprint density at radius 1 is 1.13 bits per heavy atom. The van der Waals surface area contributed by atoms with Crippen LogP contribution in [0.25, 0.3) is 5.57 Å². The van der Waals surface area contributed by atoms with E-state index in [-0.39, 0.29) is 6.61 Å². The van der Waals surface area contributed by atoms with Gasteiger partial charge < -0.3 is 10.4 Å². The lowest BCUT2D eigenvalue weighted by Gasteiger charge is -2.35. The molecule has 3 nitrogen and oxygen atoms in total. The van der Waals surface area contributed by atoms with Crippen molar-refractivity contribution in [3.8, 4) is 0 Å². The molecule has 2 aliphatic heterocycles. The fraction of sp³-hybridized carbons (Fsp3) is 0.391. The van der Waals surface area contributed by atoms with Crippen molar-refractivity contribution in [3.05, 3.63) is 65.2 Å². The second kappa shape index (κ2) is 9.14. The van der Waals surface area contributed by atoms with Crippen LogP contribution in [0.3, 0.4) is 0 Å². The molecule has 30 heavy (non-hydrogen) atoms. The normalized spacial score (nSPS) is 20.8. The van der Waals surface area contributed by atoms with Crippen molar-refractivity contribution in [2.24, 2.45) is 0 Å². The highest BCUT2D eigenvalue weighted by Crippen LogP contribution is 2.47. The second-order valence-corrected chi connectivity index (χ2v) is 8.70. The van der Waals surface area contributed by atoms with Crippen molar-refractivity contribution in [2.45, 2.75) is 34.9 Å². The Labute approximate surface area is 179 Å². The molecular weight excluding hydrogens is 409 g/mol. The number of nitrogens with one attached hydrogen (secondary N) is 1. The zero-order chi connectivity index (χ0) is 21.1. The van der Waals surface area contributed by atoms with E-state index in [1.807, 2.05) is 24.3 Å². The molecule has 0 aliphatic carbocycles. The van der Waals surface area contributed by atoms with E-state index in [1.54, 1.807) is 6.07 Å². The van der Waals surface area contributed by atoms with E-state index < -0.39 is 11.7 Å². The summed E-state index contributed by atoms with van der Waals surface area (Å²) in [6.07, 6.45) is -0.817. The number of halogens is 3. The van der Waals surface area contributed by atoms with Crippen molar-refractivity contribution < 1.29 is 18.3 Å². The molecule has 1 atom stereocenters. The lowest BCUT2D eigenvalue weighted by Crippen LogP contribution is -2.51. The highest BCUT2D eigenvalue weighted by atomic mass is 32.2. The summed E-state index contributed by atoms with van der Waals surface area (Å²) in [5.41, 5.74) is 1.90. The molecule has 1 fully saturated rings. The lowest BCUT2D eigenvalue weighted by molar-refractivity contribution is -0.137. The molecule has 2 heterocycles. The van der Waals surface area contributed by atoms with Gasteiger partial charge in [0.05, 0.1) is 5.56 Å². The van der Waals surface area contributed by atoms with Gasteiger partial charge in [-0.25, -0.2) is 0 Å². The van der Waals surface area contributed by atoms with Gasteiger partial charge in [-0.2, -0.15) is 13.2 Å². The Kier molecular flexibility index (Phi) is 6.53. The fourth-order valence-corrected chi connectivity index (χ4v) is 5.26. The number of hydrogen-bond acceptors (Lipinski definition) is 4. The number of hydrogen-bond donors (Lipinski definition) is 2. The van der Waals surface area contributed by atoms with Crippen LogP contribution in [0.2, 0.25) is 0 Å². The Morgan fingerprint density at radius 3 is 2.73 bits per heavy atom. The first-order valence-electron chi connectivity index (χ1n) is 10.2. The third-order valence-electron chi connectivity index (χ3n) is 5.69. The van der Waals surface area contributed by atoms with Gasteiger partial charge in [0.25, 0.3) is 0 Å². The van der Waals surface area contributed by atoms with Crippen LogP contribution in [0.15, 0.2) is 58.3 Å². The minimum absolute atomic E-state index is 0.155. The van der Waals surface area contributed by atoms with E-state index in [1.165, 1.54) is 17.8 Å². The number of nitrogens with zero attached hydrogens (tertiary/aromatic N) is 1. The molecule has 0 spiro atoms. The minimum Gasteiger partial charge on any atom is -0.396 e. The highest BCUT2D eigenvalue weighted by molar-refractivity contribution is 7.99. The number of aliphatic hydroxyl groups excluding tert-OH is 1. The SMILES string of the molecule is OCCC1CNCCN1CC/C=C1\c2ccccc2Sc2ccc(C(F)(F)F)cc21. The van der Waals surface area contributed by atoms with Gasteiger partial charge in [0, 0.05) is 48.6 Å². The summed E-state index contributed by atoms with van der Waals surface area (Å²) in [6.45, 7) is 3.65. The number of alkyl halides is 3. The molecule has 0 radical (unpaired) electrons. The first-order chi connectivity index (χ1) is 14.5. The molecule has 2 aromatic carbocycles. The molecule has 0 saturated carbocycles. The largest absolute Gasteiger partial charge is 0.416 e. The molecule has 0 aromatic heterocycles. The summed E-state index contributed by atoms with van der Waals surface area (Å²) in [6, 6.07) is 12.2. The minimum atomic E-state index is -4.36. The van der Waals surface area contributed by atoms with Gasteiger partial charge >= 0.3 is 6.18 Å². The zero-order valence-electron chi connectivity index (χ0n) is 16.6. The maximum atomic E-state index is 13.3. The van der Waals surface area contributed by atoms with Gasteiger partial charge in [0.2, 0.25) is 0 Å². The monoisotopic (exact) mass is 434 g/mol. The zero-order valence-corrected chi connectivity index (χ0v) is 17.4. The molecule has 1 unspecified atom stereocenters. The van der Waals surface area contributed by atoms with E-state index in [0.717, 1.165) is 66.0 Å². The number of benzene rings is 2. The Balaban J connectivity index is 1.63. The molecule has 4 rings (SSSR count). The molecule has 160 valence electrons. The average Bonchev–Trinajstić information content (AvgIpc) is 2.73. The van der Waals surface area contributed by atoms with Crippen LogP contribution in [-0.4, -0.2) is 48.8 Å². The lowest BCUT2D eigenvalue weighted by atomic mass is 9.94. The summed E-state index contributed by atoms with van der Waals surface area (Å²) in [4.78, 5) is 4.28. The Bertz CT molecular complexity index is 927. The molecule has 2 aromatic rings. The van der Waals surface area contributed by atoms with Crippen molar-refractivity contribution in [1.82, 2.24) is 10.2 Å². The van der Waals surface area contributed by atoms with Crippen molar-refractivity contribution in [1.29, 1.82) is 0 Å². The predicted molar refractivity (Wildman–Crippen MR) is 114 cm³/mol. The van der Waals surface area contributed by atoms with E-state index in [0.29, 0.717) is 11.6 Å². The quantitative estimate of drug-likeness (QED) is 0.613. The smallest absolute Gasteiger partial charge is 0.396 e. The van der Waals surface area contributed by atoms with Crippen molar-refractivity contribution in [3.63, 3.8) is 0 Å². The Morgan fingerprint density at radius 2 is 1.93 bits per heavy atom. The Hall–Kier alpha value is -1.80. The average molecular weight is 435 g/mol. The summed E-state index contributed by atoms with van der Waals surface area (Å²) in [5.74, 6) is 0. The first-order valence-corrected chi connectivity index (χ1v) is 11.0. The molecule has 2 aliphatic rings. The maximum Gasteiger partial charge on any atom is 0.416 e. The third kappa shape index (κ3) is 4.59. The van der Waals surface area contributed by atoms with Gasteiger partial charge in [0.15, 0.2) is 0 Å². The molecule has 2 N–H and O–H groups in total. The van der Waals surface area contributed by atoms with Gasteiger partial charge in [-0.15, -0.1) is 0 Å². The van der Waals surface area contributed by atoms with Gasteiger partial charge in [0.1, 0.15) is 0 Å². The van der Waals surface area contributed by atoms with Crippen LogP contribution in [0.5, 0.6) is 0 Å². The summed E-state index contributed by atoms with van der Waals surface area (Å²) in [7, 11) is 0. The first kappa shape index (κ1) is 21.4. The number of rotatable bonds is 5. The van der Waals surface area contributed by atoms with E-state index in [2.05, 4.69) is 16.3 Å². The third-order valence-corrected chi connectivity index (χ3v) is 6.85. The van der Waals surface area contributed by atoms with Crippen LogP contribution < -0.4 is 5.32 Å². The second-order valence-electron chi connectivity index (χ2n) is 7.62. The standard InChI is InChI=1S/C23H25F3N2OS/c24-23(25,26)16-7-8-22-20(14-16)18(19-4-1-2-6-21(19)30-22)5-3-11-28-12-10-27-15-17(28)9-13-29/h1-2,4-8,14,17,27,29H,3,9-13,15H2/b18-5+. The molecule has 7 heteroatoms. The number of fused-ring (bicyclic) bond motifs is 2. The van der Waals surface area contributed by atoms with Crippen LogP contribution in [-0.2, 0) is 6.18 Å². The van der Waals surface area contributed by atoms with Gasteiger partial charge in [-0.05, 0) is 53.8 Å². The van der Waals surface area contributed by atoms with Crippen LogP contribution in [0.1, 0.15) is 29.5 Å². The van der Waals surface area contributed by atoms with E-state index in [9.17, 15) is 18.3 Å². The summed E-state index contributed by atoms with van der Waals surface area (Å²) < 4.78 is 40.0. The van der Waals surface area contributed by atoms with Crippen LogP contribution >= 0.6 is 11.8 Å². The van der Waals surface area contributed by atoms with Crippen LogP contribution in [0, 0.1) is 0 Å². The highest BCUT2D eigenvalue weighted by Gasteiger charge is 2.32. The predicted octanol–water partition coefficient (Wildman–Crippen LogP) is 4.65. The summed E-state index contributed by atoms with van der Waals surface area (Å²) in [5, 5.41) is 12.7. The van der Waals surface area contributed by atoms with Crippen molar-refractivity contribution >= 4 is 17.3 Å². The van der Waals surface area contributed by atoms with E-state index in [4.69, 9.17) is 0 Å². The van der Waals surface area contributed by atoms with Gasteiger partial charge in [-0.3, -0.25) is 4.90 Å². The van der Waals surface area contributed by atoms with Gasteiger partial charge in [-0.1, -0.05) is 36.0 Å². The molecular formula is C23H25F3N2OS. The topological polar surface area (TPSA) is 35.5 Å². The fourth-order valence-electron chi connectivity index (χ4n) is 4.17.